The summed E-state index contributed by atoms with van der Waals surface area (Å²) in [7, 11) is 1.56. The van der Waals surface area contributed by atoms with Crippen LogP contribution < -0.4 is 10.1 Å². The highest BCUT2D eigenvalue weighted by Crippen LogP contribution is 2.45. The molecule has 1 saturated heterocycles. The van der Waals surface area contributed by atoms with Gasteiger partial charge in [-0.1, -0.05) is 54.2 Å². The maximum atomic E-state index is 13.5. The number of thioether (sulfide) groups is 1. The van der Waals surface area contributed by atoms with Crippen molar-refractivity contribution in [2.24, 2.45) is 4.99 Å². The van der Waals surface area contributed by atoms with Crippen molar-refractivity contribution in [3.63, 3.8) is 0 Å². The number of aliphatic imine (C=N–C) groups is 1. The highest BCUT2D eigenvalue weighted by molar-refractivity contribution is 8.16. The zero-order valence-corrected chi connectivity index (χ0v) is 25.4. The van der Waals surface area contributed by atoms with Crippen LogP contribution in [0, 0.1) is 0 Å². The van der Waals surface area contributed by atoms with Gasteiger partial charge >= 0.3 is 5.97 Å². The Bertz CT molecular complexity index is 1370. The van der Waals surface area contributed by atoms with Gasteiger partial charge in [0.05, 0.1) is 43.6 Å². The normalized spacial score (nSPS) is 18.6. The van der Waals surface area contributed by atoms with Crippen molar-refractivity contribution in [2.75, 3.05) is 59.7 Å². The topological polar surface area (TPSA) is 102 Å². The number of nitrogens with one attached hydrogen (secondary N) is 1. The number of amidine groups is 1. The fourth-order valence-electron chi connectivity index (χ4n) is 5.16. The highest BCUT2D eigenvalue weighted by atomic mass is 32.2. The van der Waals surface area contributed by atoms with Crippen molar-refractivity contribution in [1.29, 1.82) is 0 Å². The van der Waals surface area contributed by atoms with Gasteiger partial charge in [-0.05, 0) is 35.6 Å². The molecule has 1 fully saturated rings. The van der Waals surface area contributed by atoms with Crippen LogP contribution in [0.2, 0.25) is 0 Å². The fourth-order valence-corrected chi connectivity index (χ4v) is 6.13. The number of allylic oxidation sites excluding steroid dienone is 1. The molecule has 5 rings (SSSR count). The number of esters is 1. The molecule has 0 bridgehead atoms. The summed E-state index contributed by atoms with van der Waals surface area (Å²) in [5.41, 5.74) is 3.64. The van der Waals surface area contributed by atoms with Crippen molar-refractivity contribution in [3.05, 3.63) is 88.1 Å². The lowest BCUT2D eigenvalue weighted by Crippen LogP contribution is -2.42. The number of carbonyl (C=O) groups excluding carboxylic acids is 2. The number of nitrogens with zero attached hydrogens (tertiary/aromatic N) is 3. The van der Waals surface area contributed by atoms with Crippen LogP contribution in [0.1, 0.15) is 30.5 Å². The van der Waals surface area contributed by atoms with Gasteiger partial charge in [0.25, 0.3) is 0 Å². The minimum absolute atomic E-state index is 0.0875. The van der Waals surface area contributed by atoms with Crippen LogP contribution in [0.15, 0.2) is 82.0 Å². The molecular formula is C32H38N4O6S. The number of rotatable bonds is 13. The average Bonchev–Trinajstić information content (AvgIpc) is 3.42. The molecule has 0 saturated carbocycles. The van der Waals surface area contributed by atoms with Gasteiger partial charge in [-0.3, -0.25) is 9.69 Å². The number of hydrogen-bond acceptors (Lipinski definition) is 10. The second-order valence-electron chi connectivity index (χ2n) is 10.3. The third-order valence-electron chi connectivity index (χ3n) is 7.36. The number of fused-ring (bicyclic) bond motifs is 1. The molecule has 3 aliphatic rings. The molecule has 1 amide bonds. The van der Waals surface area contributed by atoms with Gasteiger partial charge in [0.1, 0.15) is 19.0 Å². The lowest BCUT2D eigenvalue weighted by atomic mass is 9.93. The zero-order chi connectivity index (χ0) is 30.0. The SMILES string of the molecule is COCCOC(=O)C1=C(C)N=C2SC=C(CC(=O)NCCN3CCOCC3)N2C1c1cccc(OCc2ccccc2)c1. The molecule has 0 aliphatic carbocycles. The standard InChI is InChI=1S/C32H38N4O6S/c1-23-29(31(38)41-18-17-39-2)30(25-9-6-10-27(19-25)42-21-24-7-4-3-5-8-24)36-26(22-43-32(36)34-23)20-28(37)33-11-12-35-13-15-40-16-14-35/h3-10,19,22,30H,11-18,20-21H2,1-2H3,(H,33,37). The van der Waals surface area contributed by atoms with Crippen LogP contribution in [-0.2, 0) is 30.4 Å². The maximum absolute atomic E-state index is 13.5. The van der Waals surface area contributed by atoms with Crippen LogP contribution >= 0.6 is 11.8 Å². The number of hydrogen-bond donors (Lipinski definition) is 1. The molecule has 3 aliphatic heterocycles. The number of ether oxygens (including phenoxy) is 4. The summed E-state index contributed by atoms with van der Waals surface area (Å²) in [6, 6.07) is 17.1. The Labute approximate surface area is 256 Å². The van der Waals surface area contributed by atoms with E-state index in [0.29, 0.717) is 35.3 Å². The Morgan fingerprint density at radius 3 is 2.70 bits per heavy atom. The number of amides is 1. The predicted octanol–water partition coefficient (Wildman–Crippen LogP) is 3.87. The van der Waals surface area contributed by atoms with E-state index in [1.807, 2.05) is 71.8 Å². The third kappa shape index (κ3) is 8.05. The summed E-state index contributed by atoms with van der Waals surface area (Å²) >= 11 is 1.45. The van der Waals surface area contributed by atoms with Gasteiger partial charge in [0.2, 0.25) is 5.91 Å². The van der Waals surface area contributed by atoms with Crippen molar-refractivity contribution >= 4 is 28.8 Å². The Morgan fingerprint density at radius 2 is 1.91 bits per heavy atom. The van der Waals surface area contributed by atoms with E-state index in [-0.39, 0.29) is 25.5 Å². The quantitative estimate of drug-likeness (QED) is 0.269. The third-order valence-corrected chi connectivity index (χ3v) is 8.25. The Kier molecular flexibility index (Phi) is 10.9. The Morgan fingerprint density at radius 1 is 1.09 bits per heavy atom. The predicted molar refractivity (Wildman–Crippen MR) is 165 cm³/mol. The summed E-state index contributed by atoms with van der Waals surface area (Å²) < 4.78 is 22.2. The highest BCUT2D eigenvalue weighted by Gasteiger charge is 2.41. The molecule has 0 spiro atoms. The van der Waals surface area contributed by atoms with Crippen LogP contribution in [0.4, 0.5) is 0 Å². The minimum atomic E-state index is -0.551. The summed E-state index contributed by atoms with van der Waals surface area (Å²) in [5, 5.41) is 5.70. The molecule has 0 aromatic heterocycles. The first-order valence-electron chi connectivity index (χ1n) is 14.5. The molecule has 1 N–H and O–H groups in total. The summed E-state index contributed by atoms with van der Waals surface area (Å²) in [6.07, 6.45) is 0.154. The van der Waals surface area contributed by atoms with Gasteiger partial charge in [-0.2, -0.15) is 0 Å². The van der Waals surface area contributed by atoms with Crippen molar-refractivity contribution in [3.8, 4) is 5.75 Å². The van der Waals surface area contributed by atoms with Gasteiger partial charge in [-0.15, -0.1) is 0 Å². The number of benzene rings is 2. The molecule has 1 atom stereocenters. The van der Waals surface area contributed by atoms with Gasteiger partial charge < -0.3 is 29.2 Å². The number of carbonyl (C=O) groups is 2. The lowest BCUT2D eigenvalue weighted by molar-refractivity contribution is -0.141. The van der Waals surface area contributed by atoms with Gasteiger partial charge in [0.15, 0.2) is 5.17 Å². The first kappa shape index (κ1) is 30.8. The first-order valence-corrected chi connectivity index (χ1v) is 15.4. The molecule has 0 radical (unpaired) electrons. The van der Waals surface area contributed by atoms with E-state index in [0.717, 1.165) is 49.7 Å². The molecule has 2 aromatic carbocycles. The minimum Gasteiger partial charge on any atom is -0.489 e. The fraction of sp³-hybridized carbons (Fsp3) is 0.406. The van der Waals surface area contributed by atoms with E-state index in [1.165, 1.54) is 11.8 Å². The van der Waals surface area contributed by atoms with Crippen molar-refractivity contribution in [1.82, 2.24) is 15.1 Å². The smallest absolute Gasteiger partial charge is 0.338 e. The van der Waals surface area contributed by atoms with E-state index < -0.39 is 12.0 Å². The summed E-state index contributed by atoms with van der Waals surface area (Å²) in [6.45, 7) is 7.16. The van der Waals surface area contributed by atoms with E-state index in [2.05, 4.69) is 10.2 Å². The molecular weight excluding hydrogens is 568 g/mol. The number of morpholine rings is 1. The van der Waals surface area contributed by atoms with Crippen LogP contribution in [0.25, 0.3) is 0 Å². The second kappa shape index (κ2) is 15.2. The van der Waals surface area contributed by atoms with E-state index >= 15 is 0 Å². The Hall–Kier alpha value is -3.64. The van der Waals surface area contributed by atoms with Crippen LogP contribution in [0.5, 0.6) is 5.75 Å². The molecule has 10 nitrogen and oxygen atoms in total. The van der Waals surface area contributed by atoms with Crippen LogP contribution in [0.3, 0.4) is 0 Å². The molecule has 2 aromatic rings. The summed E-state index contributed by atoms with van der Waals surface area (Å²) in [4.78, 5) is 35.6. The average molecular weight is 607 g/mol. The van der Waals surface area contributed by atoms with Crippen LogP contribution in [-0.4, -0.2) is 86.6 Å². The van der Waals surface area contributed by atoms with Crippen molar-refractivity contribution < 1.29 is 28.5 Å². The molecule has 228 valence electrons. The molecule has 43 heavy (non-hydrogen) atoms. The summed E-state index contributed by atoms with van der Waals surface area (Å²) in [5.74, 6) is 0.119. The maximum Gasteiger partial charge on any atom is 0.338 e. The van der Waals surface area contributed by atoms with E-state index in [1.54, 1.807) is 7.11 Å². The number of methoxy groups -OCH3 is 1. The largest absolute Gasteiger partial charge is 0.489 e. The molecule has 3 heterocycles. The Balaban J connectivity index is 1.35. The first-order chi connectivity index (χ1) is 21.0. The monoisotopic (exact) mass is 606 g/mol. The van der Waals surface area contributed by atoms with Crippen molar-refractivity contribution in [2.45, 2.75) is 26.0 Å². The van der Waals surface area contributed by atoms with E-state index in [4.69, 9.17) is 23.9 Å². The zero-order valence-electron chi connectivity index (χ0n) is 24.6. The van der Waals surface area contributed by atoms with Gasteiger partial charge in [-0.25, -0.2) is 9.79 Å². The second-order valence-corrected chi connectivity index (χ2v) is 11.2. The van der Waals surface area contributed by atoms with E-state index in [9.17, 15) is 9.59 Å². The molecule has 11 heteroatoms. The van der Waals surface area contributed by atoms with Gasteiger partial charge in [0, 0.05) is 39.0 Å². The molecule has 1 unspecified atom stereocenters. The lowest BCUT2D eigenvalue weighted by Gasteiger charge is -2.36.